The summed E-state index contributed by atoms with van der Waals surface area (Å²) >= 11 is 0. The zero-order valence-electron chi connectivity index (χ0n) is 13.3. The molecule has 2 rings (SSSR count). The molecule has 0 saturated heterocycles. The van der Waals surface area contributed by atoms with E-state index in [1.54, 1.807) is 0 Å². The van der Waals surface area contributed by atoms with E-state index in [9.17, 15) is 22.0 Å². The number of pyridine rings is 1. The molecule has 0 fully saturated rings. The van der Waals surface area contributed by atoms with Crippen LogP contribution in [0.2, 0.25) is 0 Å². The number of hydrogen-bond donors (Lipinski definition) is 0. The van der Waals surface area contributed by atoms with Gasteiger partial charge in [-0.25, -0.2) is 13.8 Å². The van der Waals surface area contributed by atoms with Crippen LogP contribution < -0.4 is 4.74 Å². The normalized spacial score (nSPS) is 12.4. The number of nitrogens with zero attached hydrogens (tertiary/aromatic N) is 2. The van der Waals surface area contributed by atoms with E-state index in [0.29, 0.717) is 0 Å². The Balaban J connectivity index is 2.35. The Morgan fingerprint density at radius 1 is 1.19 bits per heavy atom. The second-order valence-corrected chi connectivity index (χ2v) is 4.97. The van der Waals surface area contributed by atoms with Gasteiger partial charge in [-0.15, -0.1) is 0 Å². The van der Waals surface area contributed by atoms with Crippen molar-refractivity contribution in [2.45, 2.75) is 6.18 Å². The molecule has 136 valence electrons. The fourth-order valence-electron chi connectivity index (χ4n) is 1.95. The van der Waals surface area contributed by atoms with Crippen LogP contribution in [0.1, 0.15) is 0 Å². The molecule has 3 nitrogen and oxygen atoms in total. The lowest BCUT2D eigenvalue weighted by atomic mass is 10.1. The number of aromatic nitrogens is 1. The van der Waals surface area contributed by atoms with Crippen LogP contribution >= 0.6 is 0 Å². The number of alkyl halides is 3. The number of hydrogen-bond acceptors (Lipinski definition) is 3. The molecule has 1 aromatic carbocycles. The average Bonchev–Trinajstić information content (AvgIpc) is 2.57. The molecule has 0 aliphatic heterocycles. The summed E-state index contributed by atoms with van der Waals surface area (Å²) in [5.74, 6) is -1.58. The number of allylic oxidation sites excluding steroid dienone is 3. The fourth-order valence-corrected chi connectivity index (χ4v) is 1.95. The second-order valence-electron chi connectivity index (χ2n) is 4.97. The number of halogens is 5. The smallest absolute Gasteiger partial charge is 0.407 e. The van der Waals surface area contributed by atoms with Gasteiger partial charge in [0.2, 0.25) is 5.88 Å². The van der Waals surface area contributed by atoms with Crippen molar-refractivity contribution in [2.75, 3.05) is 6.54 Å². The van der Waals surface area contributed by atoms with Gasteiger partial charge in [0, 0.05) is 17.3 Å². The van der Waals surface area contributed by atoms with Crippen LogP contribution in [0.15, 0.2) is 66.0 Å². The lowest BCUT2D eigenvalue weighted by molar-refractivity contribution is -0.118. The van der Waals surface area contributed by atoms with Crippen molar-refractivity contribution in [3.63, 3.8) is 0 Å². The monoisotopic (exact) mass is 368 g/mol. The molecule has 0 unspecified atom stereocenters. The highest BCUT2D eigenvalue weighted by Crippen LogP contribution is 2.31. The van der Waals surface area contributed by atoms with E-state index < -0.39 is 24.4 Å². The Labute approximate surface area is 146 Å². The van der Waals surface area contributed by atoms with Crippen LogP contribution in [-0.4, -0.2) is 23.9 Å². The van der Waals surface area contributed by atoms with Crippen molar-refractivity contribution < 1.29 is 26.7 Å². The van der Waals surface area contributed by atoms with Gasteiger partial charge in [-0.1, -0.05) is 12.7 Å². The van der Waals surface area contributed by atoms with Gasteiger partial charge < -0.3 is 4.74 Å². The first-order valence-electron chi connectivity index (χ1n) is 7.28. The van der Waals surface area contributed by atoms with Crippen LogP contribution in [-0.2, 0) is 0 Å². The van der Waals surface area contributed by atoms with E-state index in [4.69, 9.17) is 4.74 Å². The number of aliphatic imine (C=N–C) groups is 1. The van der Waals surface area contributed by atoms with E-state index in [-0.39, 0.29) is 22.8 Å². The maximum absolute atomic E-state index is 14.0. The number of rotatable bonds is 6. The van der Waals surface area contributed by atoms with Crippen LogP contribution in [0.25, 0.3) is 11.1 Å². The van der Waals surface area contributed by atoms with Gasteiger partial charge in [0.1, 0.15) is 23.9 Å². The highest BCUT2D eigenvalue weighted by molar-refractivity contribution is 5.78. The summed E-state index contributed by atoms with van der Waals surface area (Å²) in [6.45, 7) is 2.04. The first-order valence-corrected chi connectivity index (χ1v) is 7.28. The molecule has 2 aromatic rings. The van der Waals surface area contributed by atoms with Gasteiger partial charge in [0.05, 0.1) is 6.21 Å². The zero-order chi connectivity index (χ0) is 19.2. The van der Waals surface area contributed by atoms with E-state index in [2.05, 4.69) is 16.6 Å². The molecule has 8 heteroatoms. The minimum Gasteiger partial charge on any atom is -0.437 e. The number of ether oxygens (including phenoxy) is 1. The molecule has 26 heavy (non-hydrogen) atoms. The highest BCUT2D eigenvalue weighted by atomic mass is 19.4. The number of benzene rings is 1. The Kier molecular flexibility index (Phi) is 6.21. The molecule has 0 saturated carbocycles. The largest absolute Gasteiger partial charge is 0.437 e. The Morgan fingerprint density at radius 2 is 1.96 bits per heavy atom. The molecule has 0 spiro atoms. The van der Waals surface area contributed by atoms with E-state index in [0.717, 1.165) is 24.4 Å². The highest BCUT2D eigenvalue weighted by Gasteiger charge is 2.26. The second kappa shape index (κ2) is 8.37. The first-order chi connectivity index (χ1) is 12.3. The SMILES string of the molecule is C=C/C=C(\C=N/CC(F)(F)F)Oc1ncccc1-c1cc(F)ccc1F. The molecular formula is C18H13F5N2O. The quantitative estimate of drug-likeness (QED) is 0.307. The molecule has 0 aliphatic carbocycles. The molecular weight excluding hydrogens is 355 g/mol. The lowest BCUT2D eigenvalue weighted by Crippen LogP contribution is -2.12. The molecule has 0 amide bonds. The summed E-state index contributed by atoms with van der Waals surface area (Å²) in [4.78, 5) is 7.17. The summed E-state index contributed by atoms with van der Waals surface area (Å²) in [6, 6.07) is 5.81. The molecule has 0 N–H and O–H groups in total. The van der Waals surface area contributed by atoms with Gasteiger partial charge >= 0.3 is 6.18 Å². The van der Waals surface area contributed by atoms with Gasteiger partial charge in [-0.3, -0.25) is 4.99 Å². The third-order valence-electron chi connectivity index (χ3n) is 2.98. The standard InChI is InChI=1S/C18H13F5N2O/c1-2-4-13(10-24-11-18(21,22)23)26-17-14(5-3-8-25-17)15-9-12(19)6-7-16(15)20/h2-10H,1,11H2/b13-4+,24-10-. The minimum atomic E-state index is -4.46. The predicted molar refractivity (Wildman–Crippen MR) is 87.9 cm³/mol. The average molecular weight is 368 g/mol. The topological polar surface area (TPSA) is 34.5 Å². The van der Waals surface area contributed by atoms with Gasteiger partial charge in [-0.05, 0) is 36.4 Å². The van der Waals surface area contributed by atoms with Crippen molar-refractivity contribution in [1.82, 2.24) is 4.98 Å². The summed E-state index contributed by atoms with van der Waals surface area (Å²) in [6.07, 6.45) is 0.279. The third kappa shape index (κ3) is 5.51. The Morgan fingerprint density at radius 3 is 2.65 bits per heavy atom. The molecule has 0 radical (unpaired) electrons. The van der Waals surface area contributed by atoms with Gasteiger partial charge in [-0.2, -0.15) is 13.2 Å². The maximum Gasteiger partial charge on any atom is 0.407 e. The molecule has 0 bridgehead atoms. The van der Waals surface area contributed by atoms with Crippen LogP contribution in [0.5, 0.6) is 5.88 Å². The summed E-state index contributed by atoms with van der Waals surface area (Å²) in [5.41, 5.74) is 0.0296. The summed E-state index contributed by atoms with van der Waals surface area (Å²) in [7, 11) is 0. The lowest BCUT2D eigenvalue weighted by Gasteiger charge is -2.11. The van der Waals surface area contributed by atoms with Crippen molar-refractivity contribution in [2.24, 2.45) is 4.99 Å². The van der Waals surface area contributed by atoms with Gasteiger partial charge in [0.25, 0.3) is 0 Å². The first kappa shape index (κ1) is 19.3. The fraction of sp³-hybridized carbons (Fsp3) is 0.111. The zero-order valence-corrected chi connectivity index (χ0v) is 13.3. The van der Waals surface area contributed by atoms with Gasteiger partial charge in [0.15, 0.2) is 0 Å². The van der Waals surface area contributed by atoms with Crippen molar-refractivity contribution in [1.29, 1.82) is 0 Å². The third-order valence-corrected chi connectivity index (χ3v) is 2.98. The molecule has 1 heterocycles. The summed E-state index contributed by atoms with van der Waals surface area (Å²) < 4.78 is 69.5. The molecule has 0 aliphatic rings. The van der Waals surface area contributed by atoms with Crippen LogP contribution in [0, 0.1) is 11.6 Å². The van der Waals surface area contributed by atoms with E-state index in [1.165, 1.54) is 30.5 Å². The Bertz CT molecular complexity index is 844. The predicted octanol–water partition coefficient (Wildman–Crippen LogP) is 5.11. The van der Waals surface area contributed by atoms with Crippen LogP contribution in [0.4, 0.5) is 22.0 Å². The van der Waals surface area contributed by atoms with Crippen molar-refractivity contribution in [3.05, 3.63) is 72.7 Å². The van der Waals surface area contributed by atoms with E-state index >= 15 is 0 Å². The van der Waals surface area contributed by atoms with Crippen molar-refractivity contribution >= 4 is 6.21 Å². The minimum absolute atomic E-state index is 0.0963. The maximum atomic E-state index is 14.0. The molecule has 1 aromatic heterocycles. The molecule has 0 atom stereocenters. The van der Waals surface area contributed by atoms with Crippen molar-refractivity contribution in [3.8, 4) is 17.0 Å². The van der Waals surface area contributed by atoms with Crippen LogP contribution in [0.3, 0.4) is 0 Å². The Hall–Kier alpha value is -3.03. The van der Waals surface area contributed by atoms with E-state index in [1.807, 2.05) is 0 Å². The summed E-state index contributed by atoms with van der Waals surface area (Å²) in [5, 5.41) is 0.